The highest BCUT2D eigenvalue weighted by molar-refractivity contribution is 6.74. The number of methoxy groups -OCH3 is 1. The molecule has 0 radical (unpaired) electrons. The van der Waals surface area contributed by atoms with Gasteiger partial charge in [-0.2, -0.15) is 10.4 Å². The molecule has 39 heavy (non-hydrogen) atoms. The van der Waals surface area contributed by atoms with Gasteiger partial charge in [0.1, 0.15) is 11.9 Å². The second-order valence-electron chi connectivity index (χ2n) is 11.8. The van der Waals surface area contributed by atoms with Crippen LogP contribution in [-0.4, -0.2) is 60.0 Å². The van der Waals surface area contributed by atoms with Crippen LogP contribution in [0.4, 0.5) is 17.5 Å². The first kappa shape index (κ1) is 28.7. The summed E-state index contributed by atoms with van der Waals surface area (Å²) in [4.78, 5) is 9.14. The van der Waals surface area contributed by atoms with Crippen molar-refractivity contribution < 1.29 is 14.3 Å². The largest absolute Gasteiger partial charge is 0.416 e. The third-order valence-electron chi connectivity index (χ3n) is 7.81. The van der Waals surface area contributed by atoms with Gasteiger partial charge < -0.3 is 24.9 Å². The highest BCUT2D eigenvalue weighted by Gasteiger charge is 2.42. The van der Waals surface area contributed by atoms with E-state index in [2.05, 4.69) is 73.6 Å². The van der Waals surface area contributed by atoms with E-state index in [0.717, 1.165) is 16.8 Å². The Hall–Kier alpha value is -3.30. The Balaban J connectivity index is 1.65. The third-order valence-corrected chi connectivity index (χ3v) is 12.3. The van der Waals surface area contributed by atoms with E-state index >= 15 is 0 Å². The van der Waals surface area contributed by atoms with Crippen molar-refractivity contribution in [3.63, 3.8) is 0 Å². The van der Waals surface area contributed by atoms with Crippen LogP contribution in [0, 0.1) is 11.3 Å². The second-order valence-corrected chi connectivity index (χ2v) is 16.6. The van der Waals surface area contributed by atoms with E-state index in [9.17, 15) is 10.4 Å². The first-order chi connectivity index (χ1) is 18.4. The summed E-state index contributed by atoms with van der Waals surface area (Å²) in [5.41, 5.74) is 4.29. The highest BCUT2D eigenvalue weighted by Crippen LogP contribution is 2.44. The topological polar surface area (TPSA) is 130 Å². The molecule has 0 spiro atoms. The van der Waals surface area contributed by atoms with E-state index in [1.807, 2.05) is 12.1 Å². The van der Waals surface area contributed by atoms with Gasteiger partial charge in [-0.05, 0) is 41.9 Å². The molecule has 1 aromatic carbocycles. The number of rotatable bonds is 10. The maximum atomic E-state index is 9.99. The molecule has 0 unspecified atom stereocenters. The predicted octanol–water partition coefficient (Wildman–Crippen LogP) is 4.80. The number of aliphatic hydroxyl groups is 1. The highest BCUT2D eigenvalue weighted by atomic mass is 28.4. The van der Waals surface area contributed by atoms with E-state index in [4.69, 9.17) is 14.1 Å². The lowest BCUT2D eigenvalue weighted by Gasteiger charge is -2.39. The Kier molecular flexibility index (Phi) is 8.14. The summed E-state index contributed by atoms with van der Waals surface area (Å²) < 4.78 is 13.5. The minimum absolute atomic E-state index is 0.110. The quantitative estimate of drug-likeness (QED) is 0.305. The zero-order valence-electron chi connectivity index (χ0n) is 23.9. The van der Waals surface area contributed by atoms with Gasteiger partial charge in [0.15, 0.2) is 8.32 Å². The van der Waals surface area contributed by atoms with Crippen LogP contribution in [0.15, 0.2) is 30.5 Å². The lowest BCUT2D eigenvalue weighted by atomic mass is 9.83. The van der Waals surface area contributed by atoms with E-state index in [1.54, 1.807) is 24.1 Å². The zero-order valence-corrected chi connectivity index (χ0v) is 24.9. The average Bonchev–Trinajstić information content (AvgIpc) is 3.45. The Morgan fingerprint density at radius 3 is 2.72 bits per heavy atom. The van der Waals surface area contributed by atoms with E-state index in [1.165, 1.54) is 0 Å². The predicted molar refractivity (Wildman–Crippen MR) is 154 cm³/mol. The fraction of sp³-hybridized carbons (Fsp3) is 0.500. The van der Waals surface area contributed by atoms with Gasteiger partial charge in [-0.15, -0.1) is 0 Å². The number of nitrogens with zero attached hydrogens (tertiary/aromatic N) is 5. The molecule has 3 aromatic rings. The Morgan fingerprint density at radius 1 is 1.28 bits per heavy atom. The van der Waals surface area contributed by atoms with Crippen molar-refractivity contribution in [2.75, 3.05) is 37.5 Å². The van der Waals surface area contributed by atoms with Crippen LogP contribution in [0.3, 0.4) is 0 Å². The fourth-order valence-corrected chi connectivity index (χ4v) is 5.41. The van der Waals surface area contributed by atoms with Gasteiger partial charge in [0, 0.05) is 43.5 Å². The molecule has 2 aromatic heterocycles. The molecule has 3 heterocycles. The van der Waals surface area contributed by atoms with Crippen molar-refractivity contribution >= 4 is 25.8 Å². The number of hydrogen-bond donors (Lipinski definition) is 3. The van der Waals surface area contributed by atoms with Gasteiger partial charge >= 0.3 is 0 Å². The monoisotopic (exact) mass is 549 g/mol. The first-order valence-corrected chi connectivity index (χ1v) is 16.0. The van der Waals surface area contributed by atoms with Crippen LogP contribution < -0.4 is 10.6 Å². The molecule has 1 aliphatic heterocycles. The Labute approximate surface area is 231 Å². The molecule has 0 amide bonds. The number of fused-ring (bicyclic) bond motifs is 1. The van der Waals surface area contributed by atoms with Crippen LogP contribution in [0.2, 0.25) is 18.1 Å². The van der Waals surface area contributed by atoms with Crippen LogP contribution >= 0.6 is 0 Å². The SMILES string of the molecule is COCCn1nc(CO)cc1Nc1nccc(-c2cc(C#N)c3c(c2)[C@@](C)(CO[Si](C)(C)C(C)(C)C)CN3)n1. The van der Waals surface area contributed by atoms with Crippen LogP contribution in [-0.2, 0) is 27.7 Å². The summed E-state index contributed by atoms with van der Waals surface area (Å²) in [6, 6.07) is 9.94. The zero-order chi connectivity index (χ0) is 28.4. The standard InChI is InChI=1S/C28H39N7O3Si/c1-27(2,3)39(6,7)38-18-28(4)17-31-25-20(15-29)12-19(13-22(25)28)23-8-9-30-26(32-23)33-24-14-21(16-36)34-35(24)10-11-37-5/h8-9,12-14,31,36H,10-11,16-18H2,1-7H3,(H,30,32,33)/t28-/m1/s1. The summed E-state index contributed by atoms with van der Waals surface area (Å²) in [7, 11) is -0.324. The number of hydrogen-bond acceptors (Lipinski definition) is 9. The number of benzene rings is 1. The second kappa shape index (κ2) is 11.1. The number of aliphatic hydroxyl groups excluding tert-OH is 1. The van der Waals surface area contributed by atoms with E-state index < -0.39 is 8.32 Å². The lowest BCUT2D eigenvalue weighted by molar-refractivity contribution is 0.183. The van der Waals surface area contributed by atoms with E-state index in [-0.39, 0.29) is 17.1 Å². The van der Waals surface area contributed by atoms with E-state index in [0.29, 0.717) is 55.0 Å². The maximum absolute atomic E-state index is 9.99. The molecule has 10 nitrogen and oxygen atoms in total. The van der Waals surface area contributed by atoms with Gasteiger partial charge in [0.05, 0.1) is 42.4 Å². The van der Waals surface area contributed by atoms with Gasteiger partial charge in [0.2, 0.25) is 5.95 Å². The average molecular weight is 550 g/mol. The Morgan fingerprint density at radius 2 is 2.05 bits per heavy atom. The van der Waals surface area contributed by atoms with Crippen LogP contribution in [0.1, 0.15) is 44.5 Å². The molecule has 1 atom stereocenters. The van der Waals surface area contributed by atoms with Crippen molar-refractivity contribution in [3.8, 4) is 17.3 Å². The minimum Gasteiger partial charge on any atom is -0.416 e. The smallest absolute Gasteiger partial charge is 0.228 e. The summed E-state index contributed by atoms with van der Waals surface area (Å²) in [5, 5.41) is 30.7. The van der Waals surface area contributed by atoms with Crippen molar-refractivity contribution in [2.45, 2.75) is 64.4 Å². The van der Waals surface area contributed by atoms with Crippen LogP contribution in [0.25, 0.3) is 11.3 Å². The number of ether oxygens (including phenoxy) is 1. The Bertz CT molecular complexity index is 1380. The number of anilines is 3. The van der Waals surface area contributed by atoms with Crippen molar-refractivity contribution in [3.05, 3.63) is 47.3 Å². The summed E-state index contributed by atoms with van der Waals surface area (Å²) >= 11 is 0. The number of nitriles is 1. The molecule has 0 fully saturated rings. The molecule has 208 valence electrons. The molecule has 0 aliphatic carbocycles. The molecule has 3 N–H and O–H groups in total. The minimum atomic E-state index is -1.95. The first-order valence-electron chi connectivity index (χ1n) is 13.1. The van der Waals surface area contributed by atoms with Gasteiger partial charge in [0.25, 0.3) is 0 Å². The van der Waals surface area contributed by atoms with Crippen molar-refractivity contribution in [1.29, 1.82) is 5.26 Å². The molecule has 1 aliphatic rings. The van der Waals surface area contributed by atoms with Crippen molar-refractivity contribution in [1.82, 2.24) is 19.7 Å². The van der Waals surface area contributed by atoms with Gasteiger partial charge in [-0.3, -0.25) is 0 Å². The normalized spacial score (nSPS) is 17.0. The maximum Gasteiger partial charge on any atom is 0.228 e. The van der Waals surface area contributed by atoms with Crippen molar-refractivity contribution in [2.24, 2.45) is 0 Å². The van der Waals surface area contributed by atoms with Gasteiger partial charge in [-0.25, -0.2) is 14.6 Å². The number of aromatic nitrogens is 4. The fourth-order valence-electron chi connectivity index (χ4n) is 4.30. The lowest BCUT2D eigenvalue weighted by Crippen LogP contribution is -2.45. The number of nitrogens with one attached hydrogen (secondary N) is 2. The molecular weight excluding hydrogens is 510 g/mol. The molecule has 0 saturated carbocycles. The molecule has 0 bridgehead atoms. The van der Waals surface area contributed by atoms with Crippen LogP contribution in [0.5, 0.6) is 0 Å². The molecule has 4 rings (SSSR count). The molecule has 11 heteroatoms. The summed E-state index contributed by atoms with van der Waals surface area (Å²) in [6.07, 6.45) is 1.69. The summed E-state index contributed by atoms with van der Waals surface area (Å²) in [6.45, 7) is 15.5. The van der Waals surface area contributed by atoms with Gasteiger partial charge in [-0.1, -0.05) is 27.7 Å². The third kappa shape index (κ3) is 5.99. The summed E-state index contributed by atoms with van der Waals surface area (Å²) in [5.74, 6) is 1.04. The molecule has 0 saturated heterocycles. The molecular formula is C28H39N7O3Si.